The fourth-order valence-corrected chi connectivity index (χ4v) is 2.19. The number of phenols is 1. The van der Waals surface area contributed by atoms with Gasteiger partial charge in [0.05, 0.1) is 6.61 Å². The van der Waals surface area contributed by atoms with Gasteiger partial charge in [0.25, 0.3) is 0 Å². The molecule has 0 atom stereocenters. The van der Waals surface area contributed by atoms with Crippen molar-refractivity contribution in [3.8, 4) is 11.5 Å². The third-order valence-electron chi connectivity index (χ3n) is 3.19. The van der Waals surface area contributed by atoms with Crippen molar-refractivity contribution in [2.75, 3.05) is 19.7 Å². The molecule has 2 N–H and O–H groups in total. The van der Waals surface area contributed by atoms with Crippen LogP contribution >= 0.6 is 0 Å². The maximum atomic E-state index is 9.63. The minimum atomic E-state index is 0.207. The highest BCUT2D eigenvalue weighted by atomic mass is 16.5. The topological polar surface area (TPSA) is 44.7 Å². The van der Waals surface area contributed by atoms with E-state index in [0.29, 0.717) is 12.4 Å². The van der Waals surface area contributed by atoms with Crippen LogP contribution in [0.3, 0.4) is 0 Å². The van der Waals surface area contributed by atoms with E-state index in [2.05, 4.69) is 10.4 Å². The van der Waals surface area contributed by atoms with Crippen LogP contribution in [0.1, 0.15) is 31.7 Å². The predicted molar refractivity (Wildman–Crippen MR) is 71.5 cm³/mol. The molecule has 0 saturated carbocycles. The van der Waals surface area contributed by atoms with Gasteiger partial charge >= 0.3 is 0 Å². The zero-order valence-electron chi connectivity index (χ0n) is 11.0. The fourth-order valence-electron chi connectivity index (χ4n) is 2.19. The highest BCUT2D eigenvalue weighted by Crippen LogP contribution is 2.26. The summed E-state index contributed by atoms with van der Waals surface area (Å²) < 4.78 is 5.38. The Morgan fingerprint density at radius 2 is 2.06 bits per heavy atom. The Bertz CT molecular complexity index is 376. The van der Waals surface area contributed by atoms with Crippen molar-refractivity contribution < 1.29 is 9.84 Å². The van der Waals surface area contributed by atoms with Gasteiger partial charge in [0.2, 0.25) is 0 Å². The first kappa shape index (κ1) is 13.2. The van der Waals surface area contributed by atoms with Crippen LogP contribution in [0, 0.1) is 0 Å². The van der Waals surface area contributed by atoms with Crippen LogP contribution in [0.5, 0.6) is 11.5 Å². The van der Waals surface area contributed by atoms with Crippen LogP contribution in [-0.4, -0.2) is 29.8 Å². The zero-order chi connectivity index (χ0) is 12.8. The number of hydrogen-bond donors (Lipinski definition) is 2. The van der Waals surface area contributed by atoms with E-state index in [-0.39, 0.29) is 5.75 Å². The van der Waals surface area contributed by atoms with Crippen molar-refractivity contribution in [2.24, 2.45) is 0 Å². The SMILES string of the molecule is CCOc1cc(CNN2CCCCC2)ccc1O. The quantitative estimate of drug-likeness (QED) is 0.841. The molecule has 0 spiro atoms. The molecule has 1 aromatic rings. The zero-order valence-corrected chi connectivity index (χ0v) is 11.0. The monoisotopic (exact) mass is 250 g/mol. The number of nitrogens with one attached hydrogen (secondary N) is 1. The molecule has 1 aliphatic rings. The van der Waals surface area contributed by atoms with Crippen LogP contribution in [0.25, 0.3) is 0 Å². The van der Waals surface area contributed by atoms with Gasteiger partial charge < -0.3 is 9.84 Å². The second-order valence-corrected chi connectivity index (χ2v) is 4.62. The van der Waals surface area contributed by atoms with E-state index in [1.54, 1.807) is 6.07 Å². The van der Waals surface area contributed by atoms with Gasteiger partial charge in [-0.25, -0.2) is 5.01 Å². The fraction of sp³-hybridized carbons (Fsp3) is 0.571. The number of hydrazine groups is 1. The largest absolute Gasteiger partial charge is 0.504 e. The van der Waals surface area contributed by atoms with Crippen LogP contribution in [0.4, 0.5) is 0 Å². The third-order valence-corrected chi connectivity index (χ3v) is 3.19. The molecule has 0 radical (unpaired) electrons. The lowest BCUT2D eigenvalue weighted by atomic mass is 10.1. The van der Waals surface area contributed by atoms with E-state index in [1.807, 2.05) is 19.1 Å². The average Bonchev–Trinajstić information content (AvgIpc) is 2.41. The van der Waals surface area contributed by atoms with Gasteiger partial charge in [0.15, 0.2) is 11.5 Å². The van der Waals surface area contributed by atoms with Gasteiger partial charge in [-0.3, -0.25) is 5.43 Å². The molecular formula is C14H22N2O2. The molecule has 4 heteroatoms. The molecule has 2 rings (SSSR count). The number of aromatic hydroxyl groups is 1. The van der Waals surface area contributed by atoms with E-state index in [9.17, 15) is 5.11 Å². The number of hydrogen-bond acceptors (Lipinski definition) is 4. The Kier molecular flexibility index (Phi) is 4.84. The van der Waals surface area contributed by atoms with Crippen LogP contribution in [-0.2, 0) is 6.54 Å². The normalized spacial score (nSPS) is 16.7. The van der Waals surface area contributed by atoms with E-state index in [1.165, 1.54) is 19.3 Å². The standard InChI is InChI=1S/C14H22N2O2/c1-2-18-14-10-12(6-7-13(14)17)11-15-16-8-4-3-5-9-16/h6-7,10,15,17H,2-5,8-9,11H2,1H3. The van der Waals surface area contributed by atoms with Gasteiger partial charge in [0, 0.05) is 19.6 Å². The number of piperidine rings is 1. The van der Waals surface area contributed by atoms with E-state index in [0.717, 1.165) is 25.2 Å². The summed E-state index contributed by atoms with van der Waals surface area (Å²) in [6.45, 7) is 5.50. The first-order chi connectivity index (χ1) is 8.79. The molecular weight excluding hydrogens is 228 g/mol. The Morgan fingerprint density at radius 1 is 1.28 bits per heavy atom. The van der Waals surface area contributed by atoms with E-state index < -0.39 is 0 Å². The van der Waals surface area contributed by atoms with Crippen molar-refractivity contribution in [1.82, 2.24) is 10.4 Å². The summed E-state index contributed by atoms with van der Waals surface area (Å²) in [7, 11) is 0. The molecule has 0 aliphatic carbocycles. The van der Waals surface area contributed by atoms with Crippen LogP contribution in [0.2, 0.25) is 0 Å². The predicted octanol–water partition coefficient (Wildman–Crippen LogP) is 2.28. The molecule has 1 heterocycles. The molecule has 100 valence electrons. The summed E-state index contributed by atoms with van der Waals surface area (Å²) in [4.78, 5) is 0. The van der Waals surface area contributed by atoms with Gasteiger partial charge in [0.1, 0.15) is 0 Å². The lowest BCUT2D eigenvalue weighted by molar-refractivity contribution is 0.151. The summed E-state index contributed by atoms with van der Waals surface area (Å²) in [5, 5.41) is 11.9. The number of rotatable bonds is 5. The number of benzene rings is 1. The molecule has 1 aromatic carbocycles. The Labute approximate surface area is 109 Å². The van der Waals surface area contributed by atoms with Gasteiger partial charge in [-0.15, -0.1) is 0 Å². The Morgan fingerprint density at radius 3 is 2.78 bits per heavy atom. The Hall–Kier alpha value is -1.26. The van der Waals surface area contributed by atoms with Crippen LogP contribution in [0.15, 0.2) is 18.2 Å². The van der Waals surface area contributed by atoms with Gasteiger partial charge in [-0.05, 0) is 37.5 Å². The third kappa shape index (κ3) is 3.62. The maximum absolute atomic E-state index is 9.63. The second kappa shape index (κ2) is 6.61. The molecule has 4 nitrogen and oxygen atoms in total. The van der Waals surface area contributed by atoms with Crippen molar-refractivity contribution in [2.45, 2.75) is 32.7 Å². The van der Waals surface area contributed by atoms with Gasteiger partial charge in [-0.2, -0.15) is 0 Å². The van der Waals surface area contributed by atoms with Crippen molar-refractivity contribution in [1.29, 1.82) is 0 Å². The highest BCUT2D eigenvalue weighted by molar-refractivity contribution is 5.41. The molecule has 0 unspecified atom stereocenters. The average molecular weight is 250 g/mol. The molecule has 1 saturated heterocycles. The summed E-state index contributed by atoms with van der Waals surface area (Å²) in [6.07, 6.45) is 3.88. The number of nitrogens with zero attached hydrogens (tertiary/aromatic N) is 1. The Balaban J connectivity index is 1.90. The summed E-state index contributed by atoms with van der Waals surface area (Å²) in [5.41, 5.74) is 4.55. The maximum Gasteiger partial charge on any atom is 0.161 e. The minimum Gasteiger partial charge on any atom is -0.504 e. The summed E-state index contributed by atoms with van der Waals surface area (Å²) >= 11 is 0. The van der Waals surface area contributed by atoms with Crippen LogP contribution < -0.4 is 10.2 Å². The molecule has 0 amide bonds. The highest BCUT2D eigenvalue weighted by Gasteiger charge is 2.09. The van der Waals surface area contributed by atoms with E-state index in [4.69, 9.17) is 4.74 Å². The molecule has 1 aliphatic heterocycles. The molecule has 0 aromatic heterocycles. The van der Waals surface area contributed by atoms with Crippen molar-refractivity contribution >= 4 is 0 Å². The molecule has 1 fully saturated rings. The summed E-state index contributed by atoms with van der Waals surface area (Å²) in [5.74, 6) is 0.772. The first-order valence-electron chi connectivity index (χ1n) is 6.72. The lowest BCUT2D eigenvalue weighted by Crippen LogP contribution is -2.41. The first-order valence-corrected chi connectivity index (χ1v) is 6.72. The van der Waals surface area contributed by atoms with Crippen molar-refractivity contribution in [3.63, 3.8) is 0 Å². The van der Waals surface area contributed by atoms with Gasteiger partial charge in [-0.1, -0.05) is 12.5 Å². The van der Waals surface area contributed by atoms with Crippen molar-refractivity contribution in [3.05, 3.63) is 23.8 Å². The number of ether oxygens (including phenoxy) is 1. The lowest BCUT2D eigenvalue weighted by Gasteiger charge is -2.27. The smallest absolute Gasteiger partial charge is 0.161 e. The van der Waals surface area contributed by atoms with E-state index >= 15 is 0 Å². The minimum absolute atomic E-state index is 0.207. The molecule has 18 heavy (non-hydrogen) atoms. The summed E-state index contributed by atoms with van der Waals surface area (Å²) in [6, 6.07) is 5.52. The second-order valence-electron chi connectivity index (χ2n) is 4.62. The molecule has 0 bridgehead atoms. The number of phenolic OH excluding ortho intramolecular Hbond substituents is 1.